The molecule has 2 N–H and O–H groups in total. The van der Waals surface area contributed by atoms with Gasteiger partial charge in [-0.3, -0.25) is 0 Å². The van der Waals surface area contributed by atoms with Gasteiger partial charge < -0.3 is 19.8 Å². The number of nitrogen functional groups attached to an aromatic ring is 1. The van der Waals surface area contributed by atoms with E-state index in [4.69, 9.17) is 19.8 Å². The molecule has 0 unspecified atom stereocenters. The molecule has 150 valence electrons. The Bertz CT molecular complexity index is 731. The molecule has 4 nitrogen and oxygen atoms in total. The fourth-order valence-electron chi connectivity index (χ4n) is 2.93. The molecule has 28 heavy (non-hydrogen) atoms. The highest BCUT2D eigenvalue weighted by atomic mass is 32.2. The normalized spacial score (nSPS) is 20.4. The molecule has 2 aromatic carbocycles. The van der Waals surface area contributed by atoms with E-state index in [9.17, 15) is 0 Å². The molecule has 6 heteroatoms. The highest BCUT2D eigenvalue weighted by molar-refractivity contribution is 7.99. The number of hydrogen-bond donors (Lipinski definition) is 1. The third-order valence-electron chi connectivity index (χ3n) is 5.42. The lowest BCUT2D eigenvalue weighted by atomic mass is 9.78. The topological polar surface area (TPSA) is 53.7 Å². The van der Waals surface area contributed by atoms with E-state index >= 15 is 0 Å². The Labute approximate surface area is 173 Å². The van der Waals surface area contributed by atoms with Gasteiger partial charge >= 0.3 is 7.12 Å². The Hall–Kier alpha value is -1.47. The van der Waals surface area contributed by atoms with Gasteiger partial charge in [-0.2, -0.15) is 11.8 Å². The van der Waals surface area contributed by atoms with Crippen molar-refractivity contribution in [3.63, 3.8) is 0 Å². The Balaban J connectivity index is 0.000000320. The van der Waals surface area contributed by atoms with Crippen LogP contribution in [-0.2, 0) is 14.0 Å². The lowest BCUT2D eigenvalue weighted by Crippen LogP contribution is -2.41. The second-order valence-electron chi connectivity index (χ2n) is 8.06. The van der Waals surface area contributed by atoms with Gasteiger partial charge in [0, 0.05) is 17.2 Å². The number of nitrogens with two attached hydrogens (primary N) is 1. The molecule has 2 aromatic rings. The van der Waals surface area contributed by atoms with Crippen LogP contribution in [0.4, 0.5) is 5.69 Å². The molecule has 0 spiro atoms. The SMILES string of the molecule is C1CSCCO1.CC1(C)OB(c2ccc(-c3ccc(N)cc3)cc2)OC1(C)C. The lowest BCUT2D eigenvalue weighted by molar-refractivity contribution is 0.00578. The number of thioether (sulfide) groups is 1. The predicted octanol–water partition coefficient (Wildman–Crippen LogP) is 3.98. The number of anilines is 1. The number of hydrogen-bond acceptors (Lipinski definition) is 5. The lowest BCUT2D eigenvalue weighted by Gasteiger charge is -2.32. The zero-order valence-corrected chi connectivity index (χ0v) is 18.1. The minimum absolute atomic E-state index is 0.312. The molecule has 0 aromatic heterocycles. The second-order valence-corrected chi connectivity index (χ2v) is 9.28. The van der Waals surface area contributed by atoms with Crippen LogP contribution in [0.1, 0.15) is 27.7 Å². The van der Waals surface area contributed by atoms with E-state index in [-0.39, 0.29) is 18.3 Å². The molecule has 0 bridgehead atoms. The minimum Gasteiger partial charge on any atom is -0.399 e. The fourth-order valence-corrected chi connectivity index (χ4v) is 3.60. The first kappa shape index (κ1) is 21.2. The molecular formula is C22H30BNO3S. The molecule has 4 rings (SSSR count). The van der Waals surface area contributed by atoms with E-state index < -0.39 is 0 Å². The molecule has 0 radical (unpaired) electrons. The zero-order chi connectivity index (χ0) is 20.2. The maximum Gasteiger partial charge on any atom is 0.494 e. The molecular weight excluding hydrogens is 369 g/mol. The van der Waals surface area contributed by atoms with Crippen molar-refractivity contribution in [2.24, 2.45) is 0 Å². The van der Waals surface area contributed by atoms with Crippen LogP contribution < -0.4 is 11.2 Å². The Morgan fingerprint density at radius 1 is 0.786 bits per heavy atom. The maximum absolute atomic E-state index is 6.07. The van der Waals surface area contributed by atoms with Gasteiger partial charge in [0.15, 0.2) is 0 Å². The van der Waals surface area contributed by atoms with Crippen LogP contribution in [0.5, 0.6) is 0 Å². The van der Waals surface area contributed by atoms with Gasteiger partial charge in [-0.25, -0.2) is 0 Å². The highest BCUT2D eigenvalue weighted by Gasteiger charge is 2.51. The van der Waals surface area contributed by atoms with Gasteiger partial charge in [-0.05, 0) is 56.4 Å². The number of rotatable bonds is 2. The molecule has 2 saturated heterocycles. The van der Waals surface area contributed by atoms with E-state index in [1.165, 1.54) is 11.5 Å². The van der Waals surface area contributed by atoms with Crippen LogP contribution in [0.25, 0.3) is 11.1 Å². The Morgan fingerprint density at radius 2 is 1.25 bits per heavy atom. The Kier molecular flexibility index (Phi) is 6.76. The van der Waals surface area contributed by atoms with E-state index in [1.807, 2.05) is 36.0 Å². The maximum atomic E-state index is 6.07. The second kappa shape index (κ2) is 8.91. The van der Waals surface area contributed by atoms with E-state index in [0.29, 0.717) is 0 Å². The molecule has 0 amide bonds. The molecule has 2 heterocycles. The van der Waals surface area contributed by atoms with Crippen molar-refractivity contribution in [1.82, 2.24) is 0 Å². The van der Waals surface area contributed by atoms with Crippen LogP contribution in [0.2, 0.25) is 0 Å². The molecule has 0 aliphatic carbocycles. The highest BCUT2D eigenvalue weighted by Crippen LogP contribution is 2.36. The summed E-state index contributed by atoms with van der Waals surface area (Å²) in [5, 5.41) is 0. The van der Waals surface area contributed by atoms with Crippen molar-refractivity contribution in [1.29, 1.82) is 0 Å². The van der Waals surface area contributed by atoms with Crippen molar-refractivity contribution < 1.29 is 14.0 Å². The monoisotopic (exact) mass is 399 g/mol. The average molecular weight is 399 g/mol. The van der Waals surface area contributed by atoms with Gasteiger partial charge in [0.2, 0.25) is 0 Å². The van der Waals surface area contributed by atoms with Crippen LogP contribution in [0.3, 0.4) is 0 Å². The van der Waals surface area contributed by atoms with Gasteiger partial charge in [-0.15, -0.1) is 0 Å². The van der Waals surface area contributed by atoms with Crippen LogP contribution in [0, 0.1) is 0 Å². The first-order chi connectivity index (χ1) is 13.3. The van der Waals surface area contributed by atoms with Gasteiger partial charge in [0.05, 0.1) is 24.4 Å². The van der Waals surface area contributed by atoms with Crippen molar-refractivity contribution >= 4 is 30.0 Å². The molecule has 2 aliphatic heterocycles. The first-order valence-electron chi connectivity index (χ1n) is 9.75. The van der Waals surface area contributed by atoms with E-state index in [2.05, 4.69) is 52.0 Å². The first-order valence-corrected chi connectivity index (χ1v) is 10.9. The largest absolute Gasteiger partial charge is 0.494 e. The molecule has 0 atom stereocenters. The van der Waals surface area contributed by atoms with Crippen molar-refractivity contribution in [2.45, 2.75) is 38.9 Å². The summed E-state index contributed by atoms with van der Waals surface area (Å²) in [5.74, 6) is 2.39. The summed E-state index contributed by atoms with van der Waals surface area (Å²) in [6.07, 6.45) is 0. The summed E-state index contributed by atoms with van der Waals surface area (Å²) in [4.78, 5) is 0. The summed E-state index contributed by atoms with van der Waals surface area (Å²) < 4.78 is 17.2. The van der Waals surface area contributed by atoms with E-state index in [0.717, 1.165) is 35.5 Å². The van der Waals surface area contributed by atoms with Crippen molar-refractivity contribution in [3.05, 3.63) is 48.5 Å². The minimum atomic E-state index is -0.314. The predicted molar refractivity (Wildman–Crippen MR) is 120 cm³/mol. The summed E-state index contributed by atoms with van der Waals surface area (Å²) in [7, 11) is -0.314. The summed E-state index contributed by atoms with van der Waals surface area (Å²) >= 11 is 1.97. The quantitative estimate of drug-likeness (QED) is 0.612. The average Bonchev–Trinajstić information content (AvgIpc) is 2.92. The van der Waals surface area contributed by atoms with Gasteiger partial charge in [0.1, 0.15) is 0 Å². The van der Waals surface area contributed by atoms with Gasteiger partial charge in [-0.1, -0.05) is 36.4 Å². The third kappa shape index (κ3) is 5.12. The molecule has 2 aliphatic rings. The zero-order valence-electron chi connectivity index (χ0n) is 17.2. The summed E-state index contributed by atoms with van der Waals surface area (Å²) in [6, 6.07) is 16.2. The fraction of sp³-hybridized carbons (Fsp3) is 0.455. The Morgan fingerprint density at radius 3 is 1.64 bits per heavy atom. The smallest absolute Gasteiger partial charge is 0.399 e. The number of ether oxygens (including phenoxy) is 1. The number of benzene rings is 2. The van der Waals surface area contributed by atoms with E-state index in [1.54, 1.807) is 0 Å². The molecule has 2 fully saturated rings. The van der Waals surface area contributed by atoms with Crippen molar-refractivity contribution in [3.8, 4) is 11.1 Å². The molecule has 0 saturated carbocycles. The van der Waals surface area contributed by atoms with Crippen molar-refractivity contribution in [2.75, 3.05) is 30.5 Å². The summed E-state index contributed by atoms with van der Waals surface area (Å²) in [6.45, 7) is 10.2. The van der Waals surface area contributed by atoms with Crippen LogP contribution >= 0.6 is 11.8 Å². The standard InChI is InChI=1S/C18H22BNO2.C4H8OS/c1-17(2)18(3,4)22-19(21-17)15-9-5-13(6-10-15)14-7-11-16(20)12-8-14;1-3-6-4-2-5-1/h5-12H,20H2,1-4H3;1-4H2. The third-order valence-corrected chi connectivity index (χ3v) is 6.33. The van der Waals surface area contributed by atoms with Crippen LogP contribution in [0.15, 0.2) is 48.5 Å². The van der Waals surface area contributed by atoms with Crippen LogP contribution in [-0.4, -0.2) is 43.0 Å². The summed E-state index contributed by atoms with van der Waals surface area (Å²) in [5.41, 5.74) is 9.22. The van der Waals surface area contributed by atoms with Gasteiger partial charge in [0.25, 0.3) is 0 Å².